The highest BCUT2D eigenvalue weighted by molar-refractivity contribution is 7.28. The third kappa shape index (κ3) is 3.06. The summed E-state index contributed by atoms with van der Waals surface area (Å²) in [6, 6.07) is 49.8. The Hall–Kier alpha value is -4.76. The fourth-order valence-corrected chi connectivity index (χ4v) is 9.44. The van der Waals surface area contributed by atoms with Gasteiger partial charge in [0.05, 0.1) is 0 Å². The quantitative estimate of drug-likeness (QED) is 0.183. The van der Waals surface area contributed by atoms with E-state index < -0.39 is 0 Å². The van der Waals surface area contributed by atoms with Crippen molar-refractivity contribution in [3.05, 3.63) is 133 Å². The number of fused-ring (bicyclic) bond motifs is 7. The highest BCUT2D eigenvalue weighted by atomic mass is 32.1. The van der Waals surface area contributed by atoms with E-state index in [9.17, 15) is 0 Å². The second kappa shape index (κ2) is 8.39. The average Bonchev–Trinajstić information content (AvgIpc) is 3.61. The minimum atomic E-state index is 1.26. The zero-order chi connectivity index (χ0) is 27.4. The molecule has 2 heterocycles. The molecular formula is C40H22S2. The normalized spacial score (nSPS) is 12.3. The van der Waals surface area contributed by atoms with Gasteiger partial charge < -0.3 is 0 Å². The van der Waals surface area contributed by atoms with Crippen molar-refractivity contribution in [1.29, 1.82) is 0 Å². The highest BCUT2D eigenvalue weighted by Gasteiger charge is 2.17. The fourth-order valence-electron chi connectivity index (χ4n) is 7.17. The zero-order valence-electron chi connectivity index (χ0n) is 22.5. The molecular weight excluding hydrogens is 545 g/mol. The van der Waals surface area contributed by atoms with Crippen LogP contribution in [-0.4, -0.2) is 0 Å². The Bertz CT molecular complexity index is 2670. The first-order valence-electron chi connectivity index (χ1n) is 14.3. The molecule has 0 amide bonds. The molecule has 0 N–H and O–H groups in total. The van der Waals surface area contributed by atoms with E-state index in [4.69, 9.17) is 0 Å². The van der Waals surface area contributed by atoms with Crippen molar-refractivity contribution in [2.45, 2.75) is 0 Å². The van der Waals surface area contributed by atoms with Gasteiger partial charge in [-0.1, -0.05) is 109 Å². The Balaban J connectivity index is 1.23. The third-order valence-electron chi connectivity index (χ3n) is 9.04. The summed E-state index contributed by atoms with van der Waals surface area (Å²) in [6.45, 7) is 0. The summed E-state index contributed by atoms with van der Waals surface area (Å²) in [4.78, 5) is 0. The first kappa shape index (κ1) is 22.9. The van der Waals surface area contributed by atoms with Crippen LogP contribution in [0, 0.1) is 0 Å². The number of benzene rings is 8. The van der Waals surface area contributed by atoms with Crippen molar-refractivity contribution < 1.29 is 0 Å². The van der Waals surface area contributed by atoms with Gasteiger partial charge in [-0.2, -0.15) is 0 Å². The van der Waals surface area contributed by atoms with Gasteiger partial charge in [0.1, 0.15) is 0 Å². The van der Waals surface area contributed by atoms with E-state index in [2.05, 4.69) is 133 Å². The molecule has 0 aliphatic rings. The van der Waals surface area contributed by atoms with Gasteiger partial charge in [-0.25, -0.2) is 0 Å². The van der Waals surface area contributed by atoms with Crippen molar-refractivity contribution in [2.24, 2.45) is 0 Å². The fraction of sp³-hybridized carbons (Fsp3) is 0. The molecule has 8 aromatic carbocycles. The van der Waals surface area contributed by atoms with Crippen molar-refractivity contribution in [1.82, 2.24) is 0 Å². The minimum Gasteiger partial charge on any atom is -0.135 e. The Morgan fingerprint density at radius 1 is 0.310 bits per heavy atom. The van der Waals surface area contributed by atoms with E-state index in [1.54, 1.807) is 0 Å². The van der Waals surface area contributed by atoms with Gasteiger partial charge in [0.2, 0.25) is 0 Å². The SMILES string of the molecule is c1ccc(-c2ccc3ccc4c(-c5ccc6c(c5)sc5ccc7sc8ccccc8c7c56)ccc5ccc2c3c54)cc1. The molecule has 42 heavy (non-hydrogen) atoms. The van der Waals surface area contributed by atoms with Crippen LogP contribution in [0.1, 0.15) is 0 Å². The number of hydrogen-bond acceptors (Lipinski definition) is 2. The van der Waals surface area contributed by atoms with E-state index in [0.29, 0.717) is 0 Å². The maximum Gasteiger partial charge on any atom is 0.0362 e. The van der Waals surface area contributed by atoms with Crippen LogP contribution in [-0.2, 0) is 0 Å². The smallest absolute Gasteiger partial charge is 0.0362 e. The van der Waals surface area contributed by atoms with Gasteiger partial charge in [0.25, 0.3) is 0 Å². The van der Waals surface area contributed by atoms with Crippen LogP contribution in [0.25, 0.3) is 94.9 Å². The van der Waals surface area contributed by atoms with E-state index in [1.165, 1.54) is 94.9 Å². The third-order valence-corrected chi connectivity index (χ3v) is 11.3. The molecule has 0 bridgehead atoms. The molecule has 0 saturated heterocycles. The number of rotatable bonds is 2. The van der Waals surface area contributed by atoms with Crippen LogP contribution in [0.4, 0.5) is 0 Å². The molecule has 2 heteroatoms. The molecule has 0 atom stereocenters. The highest BCUT2D eigenvalue weighted by Crippen LogP contribution is 2.46. The maximum absolute atomic E-state index is 2.42. The van der Waals surface area contributed by atoms with Gasteiger partial charge in [0, 0.05) is 40.3 Å². The van der Waals surface area contributed by atoms with Crippen molar-refractivity contribution in [2.75, 3.05) is 0 Å². The molecule has 10 aromatic rings. The molecule has 0 nitrogen and oxygen atoms in total. The zero-order valence-corrected chi connectivity index (χ0v) is 24.2. The van der Waals surface area contributed by atoms with Gasteiger partial charge in [-0.3, -0.25) is 0 Å². The molecule has 0 radical (unpaired) electrons. The topological polar surface area (TPSA) is 0 Å². The lowest BCUT2D eigenvalue weighted by Crippen LogP contribution is -1.89. The maximum atomic E-state index is 2.42. The lowest BCUT2D eigenvalue weighted by molar-refractivity contribution is 1.66. The van der Waals surface area contributed by atoms with Crippen LogP contribution in [0.15, 0.2) is 133 Å². The van der Waals surface area contributed by atoms with Gasteiger partial charge in [-0.05, 0) is 78.8 Å². The summed E-state index contributed by atoms with van der Waals surface area (Å²) in [7, 11) is 0. The van der Waals surface area contributed by atoms with Crippen LogP contribution < -0.4 is 0 Å². The first-order valence-corrected chi connectivity index (χ1v) is 16.0. The van der Waals surface area contributed by atoms with E-state index in [-0.39, 0.29) is 0 Å². The van der Waals surface area contributed by atoms with Crippen LogP contribution in [0.3, 0.4) is 0 Å². The van der Waals surface area contributed by atoms with Gasteiger partial charge in [-0.15, -0.1) is 22.7 Å². The Labute approximate surface area is 250 Å². The molecule has 0 aliphatic carbocycles. The second-order valence-electron chi connectivity index (χ2n) is 11.2. The van der Waals surface area contributed by atoms with E-state index in [1.807, 2.05) is 22.7 Å². The van der Waals surface area contributed by atoms with Crippen molar-refractivity contribution >= 4 is 95.3 Å². The van der Waals surface area contributed by atoms with Crippen LogP contribution in [0.5, 0.6) is 0 Å². The minimum absolute atomic E-state index is 1.26. The summed E-state index contributed by atoms with van der Waals surface area (Å²) >= 11 is 3.81. The predicted molar refractivity (Wildman–Crippen MR) is 187 cm³/mol. The average molecular weight is 567 g/mol. The summed E-state index contributed by atoms with van der Waals surface area (Å²) < 4.78 is 5.44. The summed E-state index contributed by atoms with van der Waals surface area (Å²) in [5.41, 5.74) is 5.13. The number of thiophene rings is 2. The van der Waals surface area contributed by atoms with Crippen LogP contribution >= 0.6 is 22.7 Å². The Kier molecular flexibility index (Phi) is 4.57. The summed E-state index contributed by atoms with van der Waals surface area (Å²) in [5, 5.41) is 13.5. The first-order chi connectivity index (χ1) is 20.8. The number of hydrogen-bond donors (Lipinski definition) is 0. The molecule has 0 saturated carbocycles. The molecule has 0 aliphatic heterocycles. The van der Waals surface area contributed by atoms with Crippen molar-refractivity contribution in [3.63, 3.8) is 0 Å². The summed E-state index contributed by atoms with van der Waals surface area (Å²) in [6.07, 6.45) is 0. The Morgan fingerprint density at radius 2 is 0.857 bits per heavy atom. The molecule has 0 spiro atoms. The van der Waals surface area contributed by atoms with E-state index in [0.717, 1.165) is 0 Å². The molecule has 10 rings (SSSR count). The Morgan fingerprint density at radius 3 is 1.57 bits per heavy atom. The van der Waals surface area contributed by atoms with Crippen molar-refractivity contribution in [3.8, 4) is 22.3 Å². The van der Waals surface area contributed by atoms with E-state index >= 15 is 0 Å². The monoisotopic (exact) mass is 566 g/mol. The molecule has 0 fully saturated rings. The van der Waals surface area contributed by atoms with Crippen LogP contribution in [0.2, 0.25) is 0 Å². The second-order valence-corrected chi connectivity index (χ2v) is 13.4. The lowest BCUT2D eigenvalue weighted by atomic mass is 9.87. The van der Waals surface area contributed by atoms with Gasteiger partial charge in [0.15, 0.2) is 0 Å². The lowest BCUT2D eigenvalue weighted by Gasteiger charge is -2.16. The molecule has 2 aromatic heterocycles. The molecule has 0 unspecified atom stereocenters. The summed E-state index contributed by atoms with van der Waals surface area (Å²) in [5.74, 6) is 0. The predicted octanol–water partition coefficient (Wildman–Crippen LogP) is 12.7. The van der Waals surface area contributed by atoms with Gasteiger partial charge >= 0.3 is 0 Å². The standard InChI is InChI=1S/C40H22S2/c1-2-6-23(7-3-1)27-15-10-24-13-18-30-28(16-11-25-12-17-29(27)37(24)38(25)30)26-14-19-32-36(22-26)42-35-21-20-34-39(40(32)35)31-8-4-5-9-33(31)41-34/h1-22H. The molecule has 194 valence electrons. The largest absolute Gasteiger partial charge is 0.135 e.